The standard InChI is InChI=1S/C44H27NS.C40H25NS.C34H21NS/c1-3-12-28(13-4-1)30-23-25-40-38(26-30)42-41-37-24-22-31(34-21-11-15-29-14-7-8-18-33(29)34)27-39(37)45(32-16-5-2-6-17-32)43(41)35-19-9-10-20-36(35)44(42)46-40;1-4-12-26(13-5-1)28-21-23-36-34(24-28)38-37-33-22-20-29(27-14-6-2-7-15-27)25-35(33)41(30-16-8-3-9-17-30)39(37)31-18-10-11-19-32(31)40(38)42-36;1-3-11-22(12-4-1)23-19-20-30-28(21-23)32-31-27-17-9-10-18-29(27)35(24-13-5-2-6-14-24)33(31)25-15-7-8-16-26(25)34(32)36-30/h1-27H;1-25H;1-21H/i;;9D,10D,17D,18D. The number of hydrogen-bond donors (Lipinski definition) is 0. The van der Waals surface area contributed by atoms with E-state index in [0.717, 1.165) is 58.7 Å². The average molecular weight is 1630 g/mol. The van der Waals surface area contributed by atoms with E-state index >= 15 is 0 Å². The Morgan fingerprint density at radius 1 is 0.185 bits per heavy atom. The second kappa shape index (κ2) is 29.3. The second-order valence-corrected chi connectivity index (χ2v) is 35.2. The van der Waals surface area contributed by atoms with Crippen molar-refractivity contribution in [2.45, 2.75) is 0 Å². The molecule has 0 aliphatic rings. The molecule has 6 aromatic heterocycles. The highest BCUT2D eigenvalue weighted by Gasteiger charge is 2.28. The quantitative estimate of drug-likeness (QED) is 0.144. The van der Waals surface area contributed by atoms with Crippen molar-refractivity contribution in [2.24, 2.45) is 0 Å². The van der Waals surface area contributed by atoms with Gasteiger partial charge in [-0.3, -0.25) is 0 Å². The molecule has 0 N–H and O–H groups in total. The van der Waals surface area contributed by atoms with Crippen LogP contribution in [0.3, 0.4) is 0 Å². The Morgan fingerprint density at radius 2 is 0.484 bits per heavy atom. The van der Waals surface area contributed by atoms with E-state index in [9.17, 15) is 0 Å². The van der Waals surface area contributed by atoms with Crippen LogP contribution in [-0.4, -0.2) is 13.7 Å². The lowest BCUT2D eigenvalue weighted by atomic mass is 9.96. The van der Waals surface area contributed by atoms with Crippen molar-refractivity contribution < 1.29 is 5.48 Å². The molecule has 21 aromatic carbocycles. The van der Waals surface area contributed by atoms with Gasteiger partial charge in [0.25, 0.3) is 0 Å². The van der Waals surface area contributed by atoms with Crippen LogP contribution < -0.4 is 0 Å². The van der Waals surface area contributed by atoms with Gasteiger partial charge in [-0.25, -0.2) is 0 Å². The molecule has 0 spiro atoms. The minimum absolute atomic E-state index is 0.00849. The SMILES string of the molecule is [2H]c1c([2H])c([2H])c2c(c1[2H])c1c3c4cc(-c5ccccc5)ccc4sc3c3ccccc3c1n2-c1ccccc1.c1ccc(-c2ccc3sc4c5ccccc5c5c(c6ccc(-c7cccc8ccccc78)cc6n5-c5ccccc5)c4c3c2)cc1.c1ccc(-c2ccc3sc4c5ccccc5c5c(c6ccc(-c7ccccc7)cc6n5-c5ccccc5)c4c3c2)cc1. The molecule has 27 rings (SSSR count). The Morgan fingerprint density at radius 3 is 0.887 bits per heavy atom. The number of thiophene rings is 3. The maximum Gasteiger partial charge on any atom is 0.0645 e. The highest BCUT2D eigenvalue weighted by atomic mass is 32.1. The minimum Gasteiger partial charge on any atom is -0.309 e. The van der Waals surface area contributed by atoms with Crippen LogP contribution in [0.2, 0.25) is 0 Å². The van der Waals surface area contributed by atoms with Crippen molar-refractivity contribution in [1.82, 2.24) is 13.7 Å². The van der Waals surface area contributed by atoms with Crippen molar-refractivity contribution in [3.63, 3.8) is 0 Å². The molecule has 3 nitrogen and oxygen atoms in total. The van der Waals surface area contributed by atoms with E-state index < -0.39 is 0 Å². The van der Waals surface area contributed by atoms with E-state index in [2.05, 4.69) is 373 Å². The fourth-order valence-corrected chi connectivity index (χ4v) is 23.5. The molecule has 0 bridgehead atoms. The summed E-state index contributed by atoms with van der Waals surface area (Å²) in [5.41, 5.74) is 21.8. The van der Waals surface area contributed by atoms with Gasteiger partial charge in [0.1, 0.15) is 0 Å². The summed E-state index contributed by atoms with van der Waals surface area (Å²) in [6, 6.07) is 150. The van der Waals surface area contributed by atoms with Gasteiger partial charge in [0.2, 0.25) is 0 Å². The molecule has 6 heteroatoms. The van der Waals surface area contributed by atoms with E-state index in [0.29, 0.717) is 10.9 Å². The van der Waals surface area contributed by atoms with E-state index in [1.807, 2.05) is 81.8 Å². The number of benzene rings is 21. The Kier molecular flexibility index (Phi) is 15.9. The van der Waals surface area contributed by atoms with Gasteiger partial charge in [-0.1, -0.05) is 352 Å². The molecule has 124 heavy (non-hydrogen) atoms. The number of rotatable bonds is 8. The lowest BCUT2D eigenvalue weighted by Crippen LogP contribution is -1.94. The van der Waals surface area contributed by atoms with Crippen LogP contribution >= 0.6 is 34.0 Å². The lowest BCUT2D eigenvalue weighted by Gasteiger charge is -2.12. The molecule has 6 heterocycles. The molecule has 0 saturated heterocycles. The van der Waals surface area contributed by atoms with Gasteiger partial charge in [-0.15, -0.1) is 34.0 Å². The maximum absolute atomic E-state index is 9.10. The summed E-state index contributed by atoms with van der Waals surface area (Å²) in [6.45, 7) is 0. The van der Waals surface area contributed by atoms with Crippen molar-refractivity contribution in [3.8, 4) is 72.7 Å². The lowest BCUT2D eigenvalue weighted by molar-refractivity contribution is 1.19. The molecule has 0 saturated carbocycles. The van der Waals surface area contributed by atoms with Crippen LogP contribution in [0.25, 0.3) is 242 Å². The normalized spacial score (nSPS) is 12.3. The summed E-state index contributed by atoms with van der Waals surface area (Å²) >= 11 is 5.57. The number of para-hydroxylation sites is 4. The van der Waals surface area contributed by atoms with Crippen LogP contribution in [-0.2, 0) is 0 Å². The van der Waals surface area contributed by atoms with Crippen molar-refractivity contribution in [2.75, 3.05) is 0 Å². The van der Waals surface area contributed by atoms with Crippen LogP contribution in [0, 0.1) is 0 Å². The third-order valence-corrected chi connectivity index (χ3v) is 28.8. The van der Waals surface area contributed by atoms with Gasteiger partial charge in [0, 0.05) is 142 Å². The number of nitrogens with zero attached hydrogens (tertiary/aromatic N) is 3. The van der Waals surface area contributed by atoms with Crippen LogP contribution in [0.15, 0.2) is 443 Å². The molecule has 0 fully saturated rings. The fraction of sp³-hybridized carbons (Fsp3) is 0. The first-order chi connectivity index (χ1) is 63.2. The highest BCUT2D eigenvalue weighted by Crippen LogP contribution is 2.54. The Labute approximate surface area is 732 Å². The highest BCUT2D eigenvalue weighted by molar-refractivity contribution is 7.28. The van der Waals surface area contributed by atoms with Crippen molar-refractivity contribution >= 4 is 203 Å². The smallest absolute Gasteiger partial charge is 0.0645 e. The van der Waals surface area contributed by atoms with Gasteiger partial charge in [0.05, 0.1) is 38.6 Å². The summed E-state index contributed by atoms with van der Waals surface area (Å²) in [6.07, 6.45) is 0. The third kappa shape index (κ3) is 11.5. The van der Waals surface area contributed by atoms with Crippen LogP contribution in [0.1, 0.15) is 5.48 Å². The Balaban J connectivity index is 0.000000104. The second-order valence-electron chi connectivity index (χ2n) is 32.1. The predicted molar refractivity (Wildman–Crippen MR) is 538 cm³/mol. The molecule has 0 atom stereocenters. The number of aromatic nitrogens is 3. The van der Waals surface area contributed by atoms with E-state index in [1.54, 1.807) is 11.3 Å². The molecule has 0 aliphatic heterocycles. The molecule has 0 radical (unpaired) electrons. The zero-order valence-corrected chi connectivity index (χ0v) is 69.4. The topological polar surface area (TPSA) is 14.8 Å². The summed E-state index contributed by atoms with van der Waals surface area (Å²) in [4.78, 5) is 0. The van der Waals surface area contributed by atoms with Gasteiger partial charge in [-0.05, 0) is 157 Å². The van der Waals surface area contributed by atoms with Crippen LogP contribution in [0.4, 0.5) is 0 Å². The molecule has 0 aliphatic carbocycles. The van der Waals surface area contributed by atoms with Crippen molar-refractivity contribution in [3.05, 3.63) is 443 Å². The first-order valence-corrected chi connectivity index (χ1v) is 44.6. The van der Waals surface area contributed by atoms with E-state index in [4.69, 9.17) is 5.48 Å². The third-order valence-electron chi connectivity index (χ3n) is 25.2. The van der Waals surface area contributed by atoms with Crippen molar-refractivity contribution in [1.29, 1.82) is 0 Å². The summed E-state index contributed by atoms with van der Waals surface area (Å²) in [7, 11) is 0. The zero-order chi connectivity index (χ0) is 84.9. The summed E-state index contributed by atoms with van der Waals surface area (Å²) < 4.78 is 49.9. The molecule has 27 aromatic rings. The molecular formula is C118H73N3S3. The van der Waals surface area contributed by atoms with Gasteiger partial charge in [-0.2, -0.15) is 0 Å². The van der Waals surface area contributed by atoms with E-state index in [-0.39, 0.29) is 24.2 Å². The summed E-state index contributed by atoms with van der Waals surface area (Å²) in [5, 5.41) is 24.0. The largest absolute Gasteiger partial charge is 0.309 e. The zero-order valence-electron chi connectivity index (χ0n) is 70.9. The number of hydrogen-bond acceptors (Lipinski definition) is 3. The van der Waals surface area contributed by atoms with Gasteiger partial charge < -0.3 is 13.7 Å². The first-order valence-electron chi connectivity index (χ1n) is 44.1. The fourth-order valence-electron chi connectivity index (χ4n) is 19.8. The predicted octanol–water partition coefficient (Wildman–Crippen LogP) is 34.4. The molecule has 0 amide bonds. The van der Waals surface area contributed by atoms with E-state index in [1.165, 1.54) is 172 Å². The minimum atomic E-state index is -0.223. The number of fused-ring (bicyclic) bond motifs is 31. The first kappa shape index (κ1) is 67.5. The molecule has 578 valence electrons. The molecule has 0 unspecified atom stereocenters. The Bertz CT molecular complexity index is 9210. The van der Waals surface area contributed by atoms with Crippen LogP contribution in [0.5, 0.6) is 0 Å². The summed E-state index contributed by atoms with van der Waals surface area (Å²) in [5.74, 6) is 0. The monoisotopic (exact) mass is 1630 g/mol. The average Bonchev–Trinajstić information content (AvgIpc) is 1.37. The van der Waals surface area contributed by atoms with Gasteiger partial charge >= 0.3 is 0 Å². The van der Waals surface area contributed by atoms with Gasteiger partial charge in [0.15, 0.2) is 0 Å². The molecular weight excluding hydrogens is 1560 g/mol. The maximum atomic E-state index is 9.10. The Hall–Kier alpha value is -15.3.